The van der Waals surface area contributed by atoms with Crippen molar-refractivity contribution < 1.29 is 0 Å². The van der Waals surface area contributed by atoms with Gasteiger partial charge in [0, 0.05) is 34.1 Å². The van der Waals surface area contributed by atoms with E-state index >= 15 is 0 Å². The van der Waals surface area contributed by atoms with Crippen LogP contribution in [0.1, 0.15) is 22.3 Å². The Balaban J connectivity index is 1.24. The van der Waals surface area contributed by atoms with Gasteiger partial charge in [0.2, 0.25) is 0 Å². The first-order valence-electron chi connectivity index (χ1n) is 19.7. The van der Waals surface area contributed by atoms with Crippen LogP contribution in [-0.2, 0) is 5.41 Å². The Morgan fingerprint density at radius 1 is 0.211 bits per heavy atom. The van der Waals surface area contributed by atoms with Gasteiger partial charge in [0.15, 0.2) is 0 Å². The Labute approximate surface area is 334 Å². The molecule has 0 atom stereocenters. The summed E-state index contributed by atoms with van der Waals surface area (Å²) in [5.74, 6) is 0. The average Bonchev–Trinajstić information content (AvgIpc) is 3.51. The molecule has 0 saturated carbocycles. The maximum absolute atomic E-state index is 2.44. The van der Waals surface area contributed by atoms with Crippen molar-refractivity contribution >= 4 is 34.1 Å². The van der Waals surface area contributed by atoms with E-state index in [4.69, 9.17) is 0 Å². The second kappa shape index (κ2) is 13.4. The van der Waals surface area contributed by atoms with E-state index in [1.54, 1.807) is 0 Å². The van der Waals surface area contributed by atoms with Crippen molar-refractivity contribution in [3.63, 3.8) is 0 Å². The molecule has 0 radical (unpaired) electrons. The lowest BCUT2D eigenvalue weighted by Gasteiger charge is -2.36. The van der Waals surface area contributed by atoms with Crippen LogP contribution in [0.4, 0.5) is 34.1 Å². The monoisotopic (exact) mass is 726 g/mol. The van der Waals surface area contributed by atoms with Crippen LogP contribution in [0.5, 0.6) is 0 Å². The van der Waals surface area contributed by atoms with Crippen molar-refractivity contribution in [3.05, 3.63) is 253 Å². The molecule has 2 heteroatoms. The molecule has 0 fully saturated rings. The fourth-order valence-electron chi connectivity index (χ4n) is 9.56. The van der Waals surface area contributed by atoms with Gasteiger partial charge >= 0.3 is 0 Å². The summed E-state index contributed by atoms with van der Waals surface area (Å²) >= 11 is 0. The smallest absolute Gasteiger partial charge is 0.0725 e. The second-order valence-corrected chi connectivity index (χ2v) is 14.9. The molecule has 268 valence electrons. The van der Waals surface area contributed by atoms with Crippen molar-refractivity contribution in [2.45, 2.75) is 5.41 Å². The van der Waals surface area contributed by atoms with Gasteiger partial charge in [-0.3, -0.25) is 0 Å². The van der Waals surface area contributed by atoms with Crippen LogP contribution in [0.25, 0.3) is 33.4 Å². The molecular weight excluding hydrogens is 689 g/mol. The van der Waals surface area contributed by atoms with Gasteiger partial charge in [0.1, 0.15) is 0 Å². The highest BCUT2D eigenvalue weighted by Gasteiger charge is 2.50. The van der Waals surface area contributed by atoms with E-state index in [0.29, 0.717) is 0 Å². The van der Waals surface area contributed by atoms with E-state index in [-0.39, 0.29) is 0 Å². The maximum Gasteiger partial charge on any atom is 0.0725 e. The predicted octanol–water partition coefficient (Wildman–Crippen LogP) is 14.6. The topological polar surface area (TPSA) is 6.48 Å². The predicted molar refractivity (Wildman–Crippen MR) is 238 cm³/mol. The van der Waals surface area contributed by atoms with Crippen LogP contribution < -0.4 is 9.80 Å². The molecule has 9 aromatic rings. The minimum Gasteiger partial charge on any atom is -0.310 e. The summed E-state index contributed by atoms with van der Waals surface area (Å²) in [6.45, 7) is 0. The van der Waals surface area contributed by atoms with E-state index in [1.807, 2.05) is 0 Å². The molecule has 2 aliphatic carbocycles. The molecule has 2 aliphatic rings. The standard InChI is InChI=1S/C55H38N2/c1-5-19-39(20-6-1)56(40-21-7-2-8-22-40)43-33-35-53-49(37-43)50-38-44(57(41-23-9-3-10-24-41)42-25-11-4-12-26-42)34-36-54(50)55(53)51-31-17-15-29-47(51)45-27-13-14-28-46(45)48-30-16-18-32-52(48)55/h1-38H. The van der Waals surface area contributed by atoms with Gasteiger partial charge < -0.3 is 9.80 Å². The van der Waals surface area contributed by atoms with Crippen LogP contribution in [-0.4, -0.2) is 0 Å². The Kier molecular flexibility index (Phi) is 7.75. The number of para-hydroxylation sites is 4. The quantitative estimate of drug-likeness (QED) is 0.168. The summed E-state index contributed by atoms with van der Waals surface area (Å²) in [6, 6.07) is 84.4. The first-order valence-corrected chi connectivity index (χ1v) is 19.7. The largest absolute Gasteiger partial charge is 0.310 e. The highest BCUT2D eigenvalue weighted by molar-refractivity contribution is 5.99. The molecule has 9 aromatic carbocycles. The molecular formula is C55H38N2. The molecule has 11 rings (SSSR count). The zero-order chi connectivity index (χ0) is 37.8. The van der Waals surface area contributed by atoms with Crippen molar-refractivity contribution in [2.75, 3.05) is 9.80 Å². The average molecular weight is 727 g/mol. The minimum absolute atomic E-state index is 0.581. The molecule has 0 amide bonds. The fourth-order valence-corrected chi connectivity index (χ4v) is 9.56. The van der Waals surface area contributed by atoms with Crippen molar-refractivity contribution in [1.29, 1.82) is 0 Å². The summed E-state index contributed by atoms with van der Waals surface area (Å²) in [4.78, 5) is 4.75. The summed E-state index contributed by atoms with van der Waals surface area (Å²) in [5.41, 5.74) is 18.8. The van der Waals surface area contributed by atoms with Crippen molar-refractivity contribution in [1.82, 2.24) is 0 Å². The van der Waals surface area contributed by atoms with E-state index in [0.717, 1.165) is 34.1 Å². The van der Waals surface area contributed by atoms with Gasteiger partial charge in [-0.15, -0.1) is 0 Å². The lowest BCUT2D eigenvalue weighted by Crippen LogP contribution is -2.29. The van der Waals surface area contributed by atoms with Gasteiger partial charge in [-0.05, 0) is 128 Å². The van der Waals surface area contributed by atoms with Crippen LogP contribution in [0.3, 0.4) is 0 Å². The summed E-state index contributed by atoms with van der Waals surface area (Å²) in [7, 11) is 0. The third-order valence-corrected chi connectivity index (χ3v) is 11.8. The van der Waals surface area contributed by atoms with Crippen LogP contribution in [0.2, 0.25) is 0 Å². The van der Waals surface area contributed by atoms with Gasteiger partial charge in [-0.25, -0.2) is 0 Å². The normalized spacial score (nSPS) is 12.7. The molecule has 0 saturated heterocycles. The number of nitrogens with zero attached hydrogens (tertiary/aromatic N) is 2. The Bertz CT molecular complexity index is 2620. The summed E-state index contributed by atoms with van der Waals surface area (Å²) in [6.07, 6.45) is 0. The van der Waals surface area contributed by atoms with Gasteiger partial charge in [0.25, 0.3) is 0 Å². The van der Waals surface area contributed by atoms with E-state index in [2.05, 4.69) is 240 Å². The van der Waals surface area contributed by atoms with Crippen LogP contribution >= 0.6 is 0 Å². The highest BCUT2D eigenvalue weighted by Crippen LogP contribution is 2.62. The van der Waals surface area contributed by atoms with E-state index in [9.17, 15) is 0 Å². The van der Waals surface area contributed by atoms with Crippen LogP contribution in [0.15, 0.2) is 231 Å². The minimum atomic E-state index is -0.581. The first-order chi connectivity index (χ1) is 28.3. The fraction of sp³-hybridized carbons (Fsp3) is 0.0182. The van der Waals surface area contributed by atoms with Crippen molar-refractivity contribution in [2.24, 2.45) is 0 Å². The second-order valence-electron chi connectivity index (χ2n) is 14.9. The maximum atomic E-state index is 2.44. The Morgan fingerprint density at radius 2 is 0.491 bits per heavy atom. The number of hydrogen-bond acceptors (Lipinski definition) is 2. The molecule has 0 aliphatic heterocycles. The molecule has 2 nitrogen and oxygen atoms in total. The van der Waals surface area contributed by atoms with E-state index < -0.39 is 5.41 Å². The zero-order valence-electron chi connectivity index (χ0n) is 31.3. The molecule has 0 aromatic heterocycles. The number of benzene rings is 9. The van der Waals surface area contributed by atoms with Crippen molar-refractivity contribution in [3.8, 4) is 33.4 Å². The first kappa shape index (κ1) is 33.0. The summed E-state index contributed by atoms with van der Waals surface area (Å²) in [5, 5.41) is 0. The zero-order valence-corrected chi connectivity index (χ0v) is 31.3. The Morgan fingerprint density at radius 3 is 0.842 bits per heavy atom. The SMILES string of the molecule is c1ccc(N(c2ccccc2)c2ccc3c(c2)-c2cc(N(c4ccccc4)c4ccccc4)ccc2C32c3ccccc3-c3ccccc3-c3ccccc32)cc1. The molecule has 57 heavy (non-hydrogen) atoms. The third-order valence-electron chi connectivity index (χ3n) is 11.8. The van der Waals surface area contributed by atoms with Gasteiger partial charge in [-0.2, -0.15) is 0 Å². The van der Waals surface area contributed by atoms with Gasteiger partial charge in [0.05, 0.1) is 5.41 Å². The number of rotatable bonds is 6. The lowest BCUT2D eigenvalue weighted by molar-refractivity contribution is 0.775. The van der Waals surface area contributed by atoms with Crippen LogP contribution in [0, 0.1) is 0 Å². The third kappa shape index (κ3) is 5.11. The Hall–Kier alpha value is -7.42. The molecule has 0 N–H and O–H groups in total. The van der Waals surface area contributed by atoms with E-state index in [1.165, 1.54) is 55.6 Å². The number of fused-ring (bicyclic) bond motifs is 12. The molecule has 0 heterocycles. The van der Waals surface area contributed by atoms with Gasteiger partial charge in [-0.1, -0.05) is 158 Å². The number of anilines is 6. The number of hydrogen-bond donors (Lipinski definition) is 0. The summed E-state index contributed by atoms with van der Waals surface area (Å²) < 4.78 is 0. The molecule has 0 unspecified atom stereocenters. The molecule has 0 bridgehead atoms. The lowest BCUT2D eigenvalue weighted by atomic mass is 9.66. The highest BCUT2D eigenvalue weighted by atomic mass is 15.1. The molecule has 1 spiro atoms.